The molecule has 0 bridgehead atoms. The highest BCUT2D eigenvalue weighted by Gasteiger charge is 2.16. The Hall–Kier alpha value is -2.16. The quantitative estimate of drug-likeness (QED) is 0.797. The first-order valence-electron chi connectivity index (χ1n) is 5.05. The van der Waals surface area contributed by atoms with Crippen molar-refractivity contribution in [1.29, 1.82) is 0 Å². The Balaban J connectivity index is 2.58. The summed E-state index contributed by atoms with van der Waals surface area (Å²) in [6.45, 7) is 12.2. The Morgan fingerprint density at radius 2 is 2.06 bits per heavy atom. The normalized spacial score (nSPS) is 10.5. The van der Waals surface area contributed by atoms with Crippen LogP contribution in [0.4, 0.5) is 10.7 Å². The molecule has 0 aromatic carbocycles. The molecule has 0 aliphatic carbocycles. The number of hydrogen-bond acceptors (Lipinski definition) is 4. The maximum absolute atomic E-state index is 11.4. The van der Waals surface area contributed by atoms with Crippen molar-refractivity contribution in [2.24, 2.45) is 0 Å². The zero-order chi connectivity index (χ0) is 12.9. The van der Waals surface area contributed by atoms with Crippen LogP contribution in [0.5, 0.6) is 0 Å². The SMILES string of the molecule is [C-]#[N+]Cc1cnc(NC(=O)OC(C)(C)C)nc1. The third-order valence-electron chi connectivity index (χ3n) is 1.58. The van der Waals surface area contributed by atoms with Crippen molar-refractivity contribution < 1.29 is 9.53 Å². The number of rotatable bonds is 2. The fourth-order valence-electron chi connectivity index (χ4n) is 0.987. The lowest BCUT2D eigenvalue weighted by Crippen LogP contribution is -2.27. The highest BCUT2D eigenvalue weighted by atomic mass is 16.6. The summed E-state index contributed by atoms with van der Waals surface area (Å²) >= 11 is 0. The van der Waals surface area contributed by atoms with Crippen LogP contribution in [0.25, 0.3) is 4.85 Å². The molecule has 0 fully saturated rings. The van der Waals surface area contributed by atoms with Gasteiger partial charge in [-0.1, -0.05) is 0 Å². The molecule has 0 saturated carbocycles. The molecule has 0 spiro atoms. The molecular weight excluding hydrogens is 220 g/mol. The van der Waals surface area contributed by atoms with Gasteiger partial charge in [0.05, 0.1) is 5.56 Å². The van der Waals surface area contributed by atoms with Gasteiger partial charge < -0.3 is 9.58 Å². The molecule has 0 atom stereocenters. The number of hydrogen-bond donors (Lipinski definition) is 1. The minimum Gasteiger partial charge on any atom is -0.444 e. The molecule has 0 aliphatic rings. The maximum atomic E-state index is 11.4. The van der Waals surface area contributed by atoms with Crippen molar-refractivity contribution in [3.05, 3.63) is 29.4 Å². The van der Waals surface area contributed by atoms with Gasteiger partial charge in [-0.05, 0) is 20.8 Å². The summed E-state index contributed by atoms with van der Waals surface area (Å²) in [5, 5.41) is 2.41. The molecule has 0 saturated heterocycles. The lowest BCUT2D eigenvalue weighted by molar-refractivity contribution is 0.0634. The van der Waals surface area contributed by atoms with Crippen molar-refractivity contribution in [3.8, 4) is 0 Å². The molecule has 1 aromatic rings. The smallest absolute Gasteiger partial charge is 0.414 e. The van der Waals surface area contributed by atoms with Gasteiger partial charge in [0.25, 0.3) is 0 Å². The highest BCUT2D eigenvalue weighted by Crippen LogP contribution is 2.09. The standard InChI is InChI=1S/C11H14N4O2/c1-11(2,3)17-10(16)15-9-13-6-8(5-12-4)7-14-9/h6-7H,5H2,1-3H3,(H,13,14,15,16). The second-order valence-electron chi connectivity index (χ2n) is 4.36. The average molecular weight is 234 g/mol. The van der Waals surface area contributed by atoms with Gasteiger partial charge in [0.2, 0.25) is 12.5 Å². The Kier molecular flexibility index (Phi) is 3.99. The first kappa shape index (κ1) is 12.9. The number of ether oxygens (including phenoxy) is 1. The number of carbonyl (C=O) groups is 1. The number of carbonyl (C=O) groups excluding carboxylic acids is 1. The summed E-state index contributed by atoms with van der Waals surface area (Å²) in [6.07, 6.45) is 2.39. The average Bonchev–Trinajstić information content (AvgIpc) is 2.18. The number of amides is 1. The predicted molar refractivity (Wildman–Crippen MR) is 62.2 cm³/mol. The van der Waals surface area contributed by atoms with Gasteiger partial charge in [0.15, 0.2) is 0 Å². The van der Waals surface area contributed by atoms with Gasteiger partial charge in [-0.2, -0.15) is 0 Å². The Morgan fingerprint density at radius 3 is 2.53 bits per heavy atom. The van der Waals surface area contributed by atoms with E-state index < -0.39 is 11.7 Å². The fourth-order valence-corrected chi connectivity index (χ4v) is 0.987. The van der Waals surface area contributed by atoms with Gasteiger partial charge in [0.1, 0.15) is 5.60 Å². The molecule has 0 aliphatic heterocycles. The van der Waals surface area contributed by atoms with Crippen LogP contribution >= 0.6 is 0 Å². The van der Waals surface area contributed by atoms with Crippen molar-refractivity contribution in [2.45, 2.75) is 32.9 Å². The summed E-state index contributed by atoms with van der Waals surface area (Å²) in [6, 6.07) is 0. The third-order valence-corrected chi connectivity index (χ3v) is 1.58. The van der Waals surface area contributed by atoms with Crippen LogP contribution in [0.1, 0.15) is 26.3 Å². The van der Waals surface area contributed by atoms with E-state index in [1.54, 1.807) is 20.8 Å². The number of nitrogens with zero attached hydrogens (tertiary/aromatic N) is 3. The molecule has 17 heavy (non-hydrogen) atoms. The molecule has 1 aromatic heterocycles. The van der Waals surface area contributed by atoms with Crippen LogP contribution in [-0.4, -0.2) is 21.7 Å². The number of nitrogens with one attached hydrogen (secondary N) is 1. The van der Waals surface area contributed by atoms with Crippen LogP contribution in [-0.2, 0) is 11.3 Å². The Bertz CT molecular complexity index is 428. The van der Waals surface area contributed by atoms with Crippen LogP contribution in [0, 0.1) is 6.57 Å². The van der Waals surface area contributed by atoms with E-state index >= 15 is 0 Å². The van der Waals surface area contributed by atoms with Gasteiger partial charge in [-0.3, -0.25) is 5.32 Å². The lowest BCUT2D eigenvalue weighted by atomic mass is 10.2. The molecule has 1 rings (SSSR count). The van der Waals surface area contributed by atoms with Crippen molar-refractivity contribution in [1.82, 2.24) is 9.97 Å². The summed E-state index contributed by atoms with van der Waals surface area (Å²) in [5.41, 5.74) is 0.142. The third kappa shape index (κ3) is 4.93. The van der Waals surface area contributed by atoms with Gasteiger partial charge in [-0.15, -0.1) is 0 Å². The van der Waals surface area contributed by atoms with Crippen molar-refractivity contribution in [3.63, 3.8) is 0 Å². The minimum absolute atomic E-state index is 0.160. The van der Waals surface area contributed by atoms with Crippen LogP contribution < -0.4 is 5.32 Å². The maximum Gasteiger partial charge on any atom is 0.414 e. The molecule has 1 N–H and O–H groups in total. The summed E-state index contributed by atoms with van der Waals surface area (Å²) in [4.78, 5) is 22.4. The van der Waals surface area contributed by atoms with E-state index in [-0.39, 0.29) is 12.5 Å². The van der Waals surface area contributed by atoms with Crippen molar-refractivity contribution >= 4 is 12.0 Å². The van der Waals surface area contributed by atoms with E-state index in [4.69, 9.17) is 11.3 Å². The lowest BCUT2D eigenvalue weighted by Gasteiger charge is -2.19. The first-order valence-corrected chi connectivity index (χ1v) is 5.05. The summed E-state index contributed by atoms with van der Waals surface area (Å²) in [7, 11) is 0. The zero-order valence-electron chi connectivity index (χ0n) is 10.0. The largest absolute Gasteiger partial charge is 0.444 e. The van der Waals surface area contributed by atoms with Gasteiger partial charge in [0, 0.05) is 12.4 Å². The summed E-state index contributed by atoms with van der Waals surface area (Å²) in [5.74, 6) is 0.160. The molecule has 90 valence electrons. The number of aromatic nitrogens is 2. The fraction of sp³-hybridized carbons (Fsp3) is 0.455. The molecule has 1 heterocycles. The second-order valence-corrected chi connectivity index (χ2v) is 4.36. The van der Waals surface area contributed by atoms with E-state index in [1.807, 2.05) is 0 Å². The van der Waals surface area contributed by atoms with E-state index in [2.05, 4.69) is 20.1 Å². The Labute approximate surface area is 99.9 Å². The van der Waals surface area contributed by atoms with Crippen LogP contribution in [0.3, 0.4) is 0 Å². The second kappa shape index (κ2) is 5.25. The molecule has 1 amide bonds. The van der Waals surface area contributed by atoms with Gasteiger partial charge >= 0.3 is 6.09 Å². The topological polar surface area (TPSA) is 68.5 Å². The molecular formula is C11H14N4O2. The van der Waals surface area contributed by atoms with E-state index in [0.29, 0.717) is 5.56 Å². The monoisotopic (exact) mass is 234 g/mol. The van der Waals surface area contributed by atoms with E-state index in [0.717, 1.165) is 0 Å². The Morgan fingerprint density at radius 1 is 1.47 bits per heavy atom. The molecule has 6 nitrogen and oxygen atoms in total. The van der Waals surface area contributed by atoms with Crippen LogP contribution in [0.15, 0.2) is 12.4 Å². The molecule has 0 unspecified atom stereocenters. The summed E-state index contributed by atoms with van der Waals surface area (Å²) < 4.78 is 5.04. The zero-order valence-corrected chi connectivity index (χ0v) is 10.0. The van der Waals surface area contributed by atoms with Crippen LogP contribution in [0.2, 0.25) is 0 Å². The minimum atomic E-state index is -0.601. The van der Waals surface area contributed by atoms with E-state index in [1.165, 1.54) is 12.4 Å². The van der Waals surface area contributed by atoms with Gasteiger partial charge in [-0.25, -0.2) is 21.3 Å². The predicted octanol–water partition coefficient (Wildman–Crippen LogP) is 2.24. The molecule has 6 heteroatoms. The van der Waals surface area contributed by atoms with E-state index in [9.17, 15) is 4.79 Å². The highest BCUT2D eigenvalue weighted by molar-refractivity contribution is 5.82. The molecule has 0 radical (unpaired) electrons. The van der Waals surface area contributed by atoms with Crippen molar-refractivity contribution in [2.75, 3.05) is 5.32 Å². The number of anilines is 1. The first-order chi connectivity index (χ1) is 7.90.